The van der Waals surface area contributed by atoms with E-state index in [0.717, 1.165) is 12.1 Å². The second-order valence-electron chi connectivity index (χ2n) is 5.82. The van der Waals surface area contributed by atoms with Gasteiger partial charge in [0.05, 0.1) is 23.1 Å². The van der Waals surface area contributed by atoms with E-state index in [2.05, 4.69) is 4.98 Å². The molecule has 1 unspecified atom stereocenters. The number of fused-ring (bicyclic) bond motifs is 2. The molecule has 1 atom stereocenters. The topological polar surface area (TPSA) is 69.4 Å². The maximum Gasteiger partial charge on any atom is 0.347 e. The number of alkyl halides is 1. The number of halogens is 2. The van der Waals surface area contributed by atoms with E-state index < -0.39 is 23.4 Å². The highest BCUT2D eigenvalue weighted by molar-refractivity contribution is 5.89. The smallest absolute Gasteiger partial charge is 0.347 e. The number of ether oxygens (including phenoxy) is 1. The molecule has 136 valence electrons. The predicted octanol–water partition coefficient (Wildman–Crippen LogP) is 4.01. The first-order valence-corrected chi connectivity index (χ1v) is 8.32. The average molecular weight is 361 g/mol. The van der Waals surface area contributed by atoms with Crippen LogP contribution in [0.2, 0.25) is 0 Å². The molecule has 7 heteroatoms. The SMILES string of the molecule is CCCc1cc2c(=O)c3cc(F)ccc3oc2nc1C(F)C(=O)OCC. The lowest BCUT2D eigenvalue weighted by Crippen LogP contribution is -2.16. The van der Waals surface area contributed by atoms with E-state index >= 15 is 0 Å². The minimum absolute atomic E-state index is 0.0429. The van der Waals surface area contributed by atoms with Crippen LogP contribution in [0.3, 0.4) is 0 Å². The van der Waals surface area contributed by atoms with E-state index in [0.29, 0.717) is 18.4 Å². The summed E-state index contributed by atoms with van der Waals surface area (Å²) in [7, 11) is 0. The Morgan fingerprint density at radius 3 is 2.73 bits per heavy atom. The molecular weight excluding hydrogens is 344 g/mol. The Balaban J connectivity index is 2.27. The molecule has 26 heavy (non-hydrogen) atoms. The van der Waals surface area contributed by atoms with Crippen molar-refractivity contribution in [3.05, 3.63) is 51.6 Å². The van der Waals surface area contributed by atoms with Crippen molar-refractivity contribution >= 4 is 28.0 Å². The van der Waals surface area contributed by atoms with Crippen LogP contribution in [0.5, 0.6) is 0 Å². The summed E-state index contributed by atoms with van der Waals surface area (Å²) < 4.78 is 38.3. The van der Waals surface area contributed by atoms with Crippen molar-refractivity contribution in [1.82, 2.24) is 4.98 Å². The summed E-state index contributed by atoms with van der Waals surface area (Å²) in [5.41, 5.74) is -0.122. The van der Waals surface area contributed by atoms with Gasteiger partial charge in [-0.1, -0.05) is 13.3 Å². The molecule has 3 rings (SSSR count). The highest BCUT2D eigenvalue weighted by atomic mass is 19.1. The van der Waals surface area contributed by atoms with Gasteiger partial charge in [-0.05, 0) is 43.2 Å². The number of aryl methyl sites for hydroxylation is 1. The molecular formula is C19H17F2NO4. The van der Waals surface area contributed by atoms with Crippen molar-refractivity contribution in [1.29, 1.82) is 0 Å². The quantitative estimate of drug-likeness (QED) is 0.507. The van der Waals surface area contributed by atoms with Crippen LogP contribution in [0, 0.1) is 5.82 Å². The summed E-state index contributed by atoms with van der Waals surface area (Å²) in [6, 6.07) is 5.01. The Kier molecular flexibility index (Phi) is 4.97. The van der Waals surface area contributed by atoms with Gasteiger partial charge < -0.3 is 9.15 Å². The molecule has 1 aromatic carbocycles. The summed E-state index contributed by atoms with van der Waals surface area (Å²) in [6.45, 7) is 3.50. The van der Waals surface area contributed by atoms with Gasteiger partial charge in [-0.25, -0.2) is 18.6 Å². The van der Waals surface area contributed by atoms with Crippen LogP contribution in [-0.2, 0) is 16.0 Å². The van der Waals surface area contributed by atoms with Gasteiger partial charge in [0.1, 0.15) is 11.4 Å². The normalized spacial score (nSPS) is 12.5. The first-order chi connectivity index (χ1) is 12.5. The highest BCUT2D eigenvalue weighted by Gasteiger charge is 2.27. The van der Waals surface area contributed by atoms with Gasteiger partial charge >= 0.3 is 5.97 Å². The molecule has 0 aliphatic carbocycles. The van der Waals surface area contributed by atoms with Crippen molar-refractivity contribution in [3.8, 4) is 0 Å². The lowest BCUT2D eigenvalue weighted by Gasteiger charge is -2.13. The Labute approximate surface area is 147 Å². The zero-order valence-electron chi connectivity index (χ0n) is 14.3. The van der Waals surface area contributed by atoms with Gasteiger partial charge in [0.25, 0.3) is 0 Å². The minimum Gasteiger partial charge on any atom is -0.464 e. The number of rotatable bonds is 5. The Hall–Kier alpha value is -2.83. The van der Waals surface area contributed by atoms with Crippen LogP contribution in [0.4, 0.5) is 8.78 Å². The molecule has 2 heterocycles. The number of carbonyl (C=O) groups excluding carboxylic acids is 1. The second kappa shape index (κ2) is 7.19. The number of hydrogen-bond donors (Lipinski definition) is 0. The van der Waals surface area contributed by atoms with Crippen LogP contribution >= 0.6 is 0 Å². The fourth-order valence-corrected chi connectivity index (χ4v) is 2.83. The average Bonchev–Trinajstić information content (AvgIpc) is 2.62. The Morgan fingerprint density at radius 2 is 2.04 bits per heavy atom. The molecule has 0 aliphatic heterocycles. The molecule has 0 bridgehead atoms. The highest BCUT2D eigenvalue weighted by Crippen LogP contribution is 2.27. The molecule has 3 aromatic rings. The van der Waals surface area contributed by atoms with Crippen LogP contribution in [0.15, 0.2) is 33.5 Å². The standard InChI is InChI=1S/C19H17F2NO4/c1-3-5-10-8-13-17(23)12-9-11(20)6-7-14(12)26-18(13)22-16(10)15(21)19(24)25-4-2/h6-9,15H,3-5H2,1-2H3. The van der Waals surface area contributed by atoms with Gasteiger partial charge in [-0.2, -0.15) is 0 Å². The van der Waals surface area contributed by atoms with Crippen LogP contribution in [0.1, 0.15) is 37.7 Å². The molecule has 0 N–H and O–H groups in total. The maximum absolute atomic E-state index is 14.6. The van der Waals surface area contributed by atoms with E-state index in [-0.39, 0.29) is 34.4 Å². The zero-order chi connectivity index (χ0) is 18.8. The molecule has 2 aromatic heterocycles. The summed E-state index contributed by atoms with van der Waals surface area (Å²) in [5.74, 6) is -1.60. The number of esters is 1. The van der Waals surface area contributed by atoms with Crippen molar-refractivity contribution in [3.63, 3.8) is 0 Å². The number of hydrogen-bond acceptors (Lipinski definition) is 5. The molecule has 0 radical (unpaired) electrons. The van der Waals surface area contributed by atoms with Crippen LogP contribution in [0.25, 0.3) is 22.1 Å². The third-order valence-corrected chi connectivity index (χ3v) is 3.99. The van der Waals surface area contributed by atoms with Crippen molar-refractivity contribution in [2.45, 2.75) is 32.9 Å². The molecule has 0 saturated heterocycles. The summed E-state index contributed by atoms with van der Waals surface area (Å²) >= 11 is 0. The number of aromatic nitrogens is 1. The van der Waals surface area contributed by atoms with E-state index in [1.807, 2.05) is 6.92 Å². The number of carbonyl (C=O) groups is 1. The van der Waals surface area contributed by atoms with Gasteiger partial charge in [0.2, 0.25) is 17.3 Å². The van der Waals surface area contributed by atoms with E-state index in [9.17, 15) is 18.4 Å². The molecule has 0 fully saturated rings. The third-order valence-electron chi connectivity index (χ3n) is 3.99. The molecule has 0 spiro atoms. The fraction of sp³-hybridized carbons (Fsp3) is 0.316. The van der Waals surface area contributed by atoms with Gasteiger partial charge in [0, 0.05) is 0 Å². The second-order valence-corrected chi connectivity index (χ2v) is 5.82. The first kappa shape index (κ1) is 18.0. The largest absolute Gasteiger partial charge is 0.464 e. The van der Waals surface area contributed by atoms with E-state index in [1.165, 1.54) is 12.1 Å². The Morgan fingerprint density at radius 1 is 1.27 bits per heavy atom. The van der Waals surface area contributed by atoms with Gasteiger partial charge in [-0.15, -0.1) is 0 Å². The molecule has 0 aliphatic rings. The lowest BCUT2D eigenvalue weighted by atomic mass is 10.0. The van der Waals surface area contributed by atoms with Crippen molar-refractivity contribution < 1.29 is 22.7 Å². The zero-order valence-corrected chi connectivity index (χ0v) is 14.3. The van der Waals surface area contributed by atoms with Crippen LogP contribution < -0.4 is 5.43 Å². The van der Waals surface area contributed by atoms with Crippen LogP contribution in [-0.4, -0.2) is 17.6 Å². The molecule has 5 nitrogen and oxygen atoms in total. The predicted molar refractivity (Wildman–Crippen MR) is 92.2 cm³/mol. The minimum atomic E-state index is -2.07. The number of nitrogens with zero attached hydrogens (tertiary/aromatic N) is 1. The number of pyridine rings is 1. The van der Waals surface area contributed by atoms with Gasteiger partial charge in [-0.3, -0.25) is 4.79 Å². The summed E-state index contributed by atoms with van der Waals surface area (Å²) in [5, 5.41) is 0.197. The third kappa shape index (κ3) is 3.16. The lowest BCUT2D eigenvalue weighted by molar-refractivity contribution is -0.149. The van der Waals surface area contributed by atoms with E-state index in [4.69, 9.17) is 9.15 Å². The maximum atomic E-state index is 14.6. The summed E-state index contributed by atoms with van der Waals surface area (Å²) in [6.07, 6.45) is -1.00. The summed E-state index contributed by atoms with van der Waals surface area (Å²) in [4.78, 5) is 28.5. The van der Waals surface area contributed by atoms with Crippen molar-refractivity contribution in [2.24, 2.45) is 0 Å². The Bertz CT molecular complexity index is 1050. The number of benzene rings is 1. The monoisotopic (exact) mass is 361 g/mol. The molecule has 0 amide bonds. The molecule has 0 saturated carbocycles. The first-order valence-electron chi connectivity index (χ1n) is 8.32. The van der Waals surface area contributed by atoms with Crippen molar-refractivity contribution in [2.75, 3.05) is 6.61 Å². The van der Waals surface area contributed by atoms with E-state index in [1.54, 1.807) is 6.92 Å². The van der Waals surface area contributed by atoms with Gasteiger partial charge in [0.15, 0.2) is 0 Å². The fourth-order valence-electron chi connectivity index (χ4n) is 2.83.